The largest absolute Gasteiger partial charge is 0.370 e. The van der Waals surface area contributed by atoms with E-state index in [-0.39, 0.29) is 0 Å². The van der Waals surface area contributed by atoms with Crippen molar-refractivity contribution < 1.29 is 0 Å². The molecule has 1 aliphatic heterocycles. The first kappa shape index (κ1) is 17.1. The summed E-state index contributed by atoms with van der Waals surface area (Å²) in [5, 5.41) is 22.2. The molecule has 4 rings (SSSR count). The molecule has 8 heteroatoms. The Morgan fingerprint density at radius 2 is 1.96 bits per heavy atom. The second-order valence-electron chi connectivity index (χ2n) is 6.95. The number of anilines is 2. The van der Waals surface area contributed by atoms with Crippen LogP contribution in [0.3, 0.4) is 0 Å². The van der Waals surface area contributed by atoms with Gasteiger partial charge in [0.25, 0.3) is 0 Å². The summed E-state index contributed by atoms with van der Waals surface area (Å²) in [4.78, 5) is 2.30. The number of aromatic nitrogens is 5. The van der Waals surface area contributed by atoms with Crippen LogP contribution in [-0.4, -0.2) is 37.6 Å². The summed E-state index contributed by atoms with van der Waals surface area (Å²) in [6.45, 7) is 1.70. The van der Waals surface area contributed by atoms with E-state index in [9.17, 15) is 5.26 Å². The number of hydrogen-bond donors (Lipinski definition) is 1. The van der Waals surface area contributed by atoms with Gasteiger partial charge in [0.2, 0.25) is 5.95 Å². The fraction of sp³-hybridized carbons (Fsp3) is 0.368. The summed E-state index contributed by atoms with van der Waals surface area (Å²) < 4.78 is 3.65. The highest BCUT2D eigenvalue weighted by Crippen LogP contribution is 2.37. The van der Waals surface area contributed by atoms with Gasteiger partial charge in [-0.15, -0.1) is 10.2 Å². The number of benzene rings is 1. The maximum atomic E-state index is 9.66. The molecule has 0 amide bonds. The molecular formula is C19H22N8. The van der Waals surface area contributed by atoms with Crippen molar-refractivity contribution in [3.8, 4) is 17.2 Å². The van der Waals surface area contributed by atoms with Gasteiger partial charge in [-0.05, 0) is 18.9 Å². The number of nitrogens with zero attached hydrogens (tertiary/aromatic N) is 7. The molecule has 3 heterocycles. The second kappa shape index (κ2) is 6.76. The third-order valence-corrected chi connectivity index (χ3v) is 5.29. The summed E-state index contributed by atoms with van der Waals surface area (Å²) in [6, 6.07) is 8.22. The number of nitriles is 1. The topological polar surface area (TPSA) is 102 Å². The molecule has 0 saturated carbocycles. The van der Waals surface area contributed by atoms with Crippen LogP contribution in [0.4, 0.5) is 11.6 Å². The Morgan fingerprint density at radius 3 is 2.56 bits per heavy atom. The Labute approximate surface area is 157 Å². The molecule has 0 radical (unpaired) electrons. The SMILES string of the molecule is Cn1cc(-c2cccc(C#N)c2N2CCC(c3nnc(N)n3C)CC2)cn1. The molecule has 8 nitrogen and oxygen atoms in total. The minimum absolute atomic E-state index is 0.326. The predicted octanol–water partition coefficient (Wildman–Crippen LogP) is 2.05. The number of piperidine rings is 1. The number of rotatable bonds is 3. The summed E-state index contributed by atoms with van der Waals surface area (Å²) in [5.41, 5.74) is 9.57. The van der Waals surface area contributed by atoms with Gasteiger partial charge in [-0.1, -0.05) is 12.1 Å². The maximum Gasteiger partial charge on any atom is 0.221 e. The zero-order chi connectivity index (χ0) is 19.0. The van der Waals surface area contributed by atoms with Gasteiger partial charge in [0.05, 0.1) is 17.4 Å². The van der Waals surface area contributed by atoms with Gasteiger partial charge < -0.3 is 15.2 Å². The minimum atomic E-state index is 0.326. The lowest BCUT2D eigenvalue weighted by Crippen LogP contribution is -2.34. The lowest BCUT2D eigenvalue weighted by molar-refractivity contribution is 0.475. The number of nitrogen functional groups attached to an aromatic ring is 1. The van der Waals surface area contributed by atoms with Crippen LogP contribution in [0.25, 0.3) is 11.1 Å². The average Bonchev–Trinajstić information content (AvgIpc) is 3.27. The molecule has 0 aliphatic carbocycles. The first-order valence-electron chi connectivity index (χ1n) is 9.00. The van der Waals surface area contributed by atoms with E-state index in [1.165, 1.54) is 0 Å². The molecule has 138 valence electrons. The molecule has 27 heavy (non-hydrogen) atoms. The van der Waals surface area contributed by atoms with Crippen LogP contribution >= 0.6 is 0 Å². The molecule has 2 N–H and O–H groups in total. The third kappa shape index (κ3) is 3.01. The van der Waals surface area contributed by atoms with Gasteiger partial charge >= 0.3 is 0 Å². The fourth-order valence-electron chi connectivity index (χ4n) is 3.84. The zero-order valence-corrected chi connectivity index (χ0v) is 15.5. The van der Waals surface area contributed by atoms with Gasteiger partial charge in [-0.25, -0.2) is 0 Å². The minimum Gasteiger partial charge on any atom is -0.370 e. The summed E-state index contributed by atoms with van der Waals surface area (Å²) in [5.74, 6) is 1.71. The summed E-state index contributed by atoms with van der Waals surface area (Å²) in [7, 11) is 3.80. The molecule has 1 fully saturated rings. The van der Waals surface area contributed by atoms with E-state index in [4.69, 9.17) is 5.73 Å². The summed E-state index contributed by atoms with van der Waals surface area (Å²) >= 11 is 0. The highest BCUT2D eigenvalue weighted by atomic mass is 15.3. The van der Waals surface area contributed by atoms with Crippen molar-refractivity contribution in [3.05, 3.63) is 42.0 Å². The lowest BCUT2D eigenvalue weighted by atomic mass is 9.93. The molecule has 1 aliphatic rings. The van der Waals surface area contributed by atoms with Crippen LogP contribution in [0.5, 0.6) is 0 Å². The Morgan fingerprint density at radius 1 is 1.19 bits per heavy atom. The Hall–Kier alpha value is -3.34. The lowest BCUT2D eigenvalue weighted by Gasteiger charge is -2.34. The first-order chi connectivity index (χ1) is 13.1. The average molecular weight is 362 g/mol. The van der Waals surface area contributed by atoms with Crippen molar-refractivity contribution in [1.82, 2.24) is 24.5 Å². The molecule has 0 spiro atoms. The molecule has 3 aromatic rings. The van der Waals surface area contributed by atoms with Gasteiger partial charge in [-0.3, -0.25) is 4.68 Å². The maximum absolute atomic E-state index is 9.66. The second-order valence-corrected chi connectivity index (χ2v) is 6.95. The van der Waals surface area contributed by atoms with Crippen molar-refractivity contribution >= 4 is 11.6 Å². The van der Waals surface area contributed by atoms with Gasteiger partial charge in [0.1, 0.15) is 11.9 Å². The smallest absolute Gasteiger partial charge is 0.221 e. The van der Waals surface area contributed by atoms with Crippen molar-refractivity contribution in [1.29, 1.82) is 5.26 Å². The van der Waals surface area contributed by atoms with Crippen LogP contribution in [0.1, 0.15) is 30.1 Å². The molecule has 1 aromatic carbocycles. The molecule has 0 unspecified atom stereocenters. The standard InChI is InChI=1S/C19H22N8/c1-25-12-15(11-22-25)16-5-3-4-14(10-20)17(16)27-8-6-13(7-9-27)18-23-24-19(21)26(18)2/h3-5,11-13H,6-9H2,1-2H3,(H2,21,24). The first-order valence-corrected chi connectivity index (χ1v) is 9.00. The normalized spacial score (nSPS) is 15.1. The van der Waals surface area contributed by atoms with E-state index in [0.717, 1.165) is 48.6 Å². The third-order valence-electron chi connectivity index (χ3n) is 5.29. The summed E-state index contributed by atoms with van der Waals surface area (Å²) in [6.07, 6.45) is 5.71. The van der Waals surface area contributed by atoms with Crippen molar-refractivity contribution in [2.45, 2.75) is 18.8 Å². The van der Waals surface area contributed by atoms with E-state index in [1.807, 2.05) is 43.2 Å². The Balaban J connectivity index is 1.63. The number of hydrogen-bond acceptors (Lipinski definition) is 6. The van der Waals surface area contributed by atoms with E-state index < -0.39 is 0 Å². The fourth-order valence-corrected chi connectivity index (χ4v) is 3.84. The van der Waals surface area contributed by atoms with Crippen molar-refractivity contribution in [2.24, 2.45) is 14.1 Å². The van der Waals surface area contributed by atoms with E-state index in [2.05, 4.69) is 32.3 Å². The highest BCUT2D eigenvalue weighted by Gasteiger charge is 2.27. The quantitative estimate of drug-likeness (QED) is 0.765. The monoisotopic (exact) mass is 362 g/mol. The van der Waals surface area contributed by atoms with E-state index in [0.29, 0.717) is 17.4 Å². The van der Waals surface area contributed by atoms with Gasteiger partial charge in [0, 0.05) is 50.4 Å². The Kier molecular flexibility index (Phi) is 4.28. The van der Waals surface area contributed by atoms with Crippen molar-refractivity contribution in [3.63, 3.8) is 0 Å². The van der Waals surface area contributed by atoms with Gasteiger partial charge in [-0.2, -0.15) is 10.4 Å². The number of para-hydroxylation sites is 1. The van der Waals surface area contributed by atoms with Gasteiger partial charge in [0.15, 0.2) is 0 Å². The van der Waals surface area contributed by atoms with Crippen LogP contribution in [0.15, 0.2) is 30.6 Å². The van der Waals surface area contributed by atoms with Crippen LogP contribution in [0, 0.1) is 11.3 Å². The number of nitrogens with two attached hydrogens (primary N) is 1. The highest BCUT2D eigenvalue weighted by molar-refractivity contribution is 5.82. The zero-order valence-electron chi connectivity index (χ0n) is 15.5. The van der Waals surface area contributed by atoms with E-state index in [1.54, 1.807) is 4.68 Å². The molecule has 1 saturated heterocycles. The molecular weight excluding hydrogens is 340 g/mol. The van der Waals surface area contributed by atoms with Crippen LogP contribution in [-0.2, 0) is 14.1 Å². The molecule has 2 aromatic heterocycles. The van der Waals surface area contributed by atoms with Crippen molar-refractivity contribution in [2.75, 3.05) is 23.7 Å². The predicted molar refractivity (Wildman–Crippen MR) is 103 cm³/mol. The van der Waals surface area contributed by atoms with E-state index >= 15 is 0 Å². The van der Waals surface area contributed by atoms with Crippen LogP contribution < -0.4 is 10.6 Å². The molecule has 0 bridgehead atoms. The Bertz CT molecular complexity index is 1000. The number of aryl methyl sites for hydroxylation is 1. The van der Waals surface area contributed by atoms with Crippen LogP contribution in [0.2, 0.25) is 0 Å². The molecule has 0 atom stereocenters.